The van der Waals surface area contributed by atoms with Crippen LogP contribution in [-0.4, -0.2) is 18.6 Å². The van der Waals surface area contributed by atoms with Crippen LogP contribution in [0.1, 0.15) is 25.3 Å². The second kappa shape index (κ2) is 7.18. The van der Waals surface area contributed by atoms with E-state index in [0.29, 0.717) is 11.5 Å². The van der Waals surface area contributed by atoms with E-state index in [0.717, 1.165) is 12.1 Å². The summed E-state index contributed by atoms with van der Waals surface area (Å²) in [6, 6.07) is 15.3. The lowest BCUT2D eigenvalue weighted by molar-refractivity contribution is -0.125. The van der Waals surface area contributed by atoms with Crippen LogP contribution >= 0.6 is 0 Å². The Balaban J connectivity index is 1.59. The third kappa shape index (κ3) is 3.83. The van der Waals surface area contributed by atoms with E-state index >= 15 is 0 Å². The first kappa shape index (κ1) is 15.4. The molecular weight excluding hydrogens is 290 g/mol. The van der Waals surface area contributed by atoms with Gasteiger partial charge in [0.2, 0.25) is 6.10 Å². The maximum atomic E-state index is 12.3. The molecule has 1 heterocycles. The van der Waals surface area contributed by atoms with Crippen molar-refractivity contribution in [1.82, 2.24) is 0 Å². The first-order chi connectivity index (χ1) is 11.3. The van der Waals surface area contributed by atoms with E-state index in [4.69, 9.17) is 9.47 Å². The molecule has 0 bridgehead atoms. The predicted molar refractivity (Wildman–Crippen MR) is 90.0 cm³/mol. The normalized spacial score (nSPS) is 16.0. The molecule has 120 valence electrons. The van der Waals surface area contributed by atoms with Gasteiger partial charge < -0.3 is 14.8 Å². The Labute approximate surface area is 136 Å². The second-order valence-electron chi connectivity index (χ2n) is 5.65. The fourth-order valence-electron chi connectivity index (χ4n) is 2.51. The van der Waals surface area contributed by atoms with Gasteiger partial charge in [-0.1, -0.05) is 37.6 Å². The van der Waals surface area contributed by atoms with Crippen molar-refractivity contribution in [3.63, 3.8) is 0 Å². The molecule has 0 saturated carbocycles. The molecule has 1 amide bonds. The van der Waals surface area contributed by atoms with Crippen LogP contribution in [0.3, 0.4) is 0 Å². The van der Waals surface area contributed by atoms with Crippen molar-refractivity contribution in [2.75, 3.05) is 11.9 Å². The van der Waals surface area contributed by atoms with Crippen molar-refractivity contribution in [2.24, 2.45) is 0 Å². The lowest BCUT2D eigenvalue weighted by Crippen LogP contribution is -2.40. The number of carbonyl (C=O) groups is 1. The quantitative estimate of drug-likeness (QED) is 0.913. The summed E-state index contributed by atoms with van der Waals surface area (Å²) in [6.45, 7) is 2.40. The van der Waals surface area contributed by atoms with Gasteiger partial charge in [-0.3, -0.25) is 4.79 Å². The van der Waals surface area contributed by atoms with E-state index in [-0.39, 0.29) is 12.5 Å². The standard InChI is InChI=1S/C19H21NO3/c1-2-3-6-14-9-11-15(12-10-14)20-19(21)18-13-22-16-7-4-5-8-17(16)23-18/h4-5,7-12,18H,2-3,6,13H2,1H3,(H,20,21)/t18-/m0/s1. The maximum absolute atomic E-state index is 12.3. The number of unbranched alkanes of at least 4 members (excludes halogenated alkanes) is 1. The van der Waals surface area contributed by atoms with Gasteiger partial charge in [0.15, 0.2) is 11.5 Å². The molecule has 0 unspecified atom stereocenters. The van der Waals surface area contributed by atoms with Gasteiger partial charge in [-0.15, -0.1) is 0 Å². The monoisotopic (exact) mass is 311 g/mol. The largest absolute Gasteiger partial charge is 0.485 e. The van der Waals surface area contributed by atoms with Crippen molar-refractivity contribution >= 4 is 11.6 Å². The number of benzene rings is 2. The van der Waals surface area contributed by atoms with Crippen molar-refractivity contribution in [3.05, 3.63) is 54.1 Å². The molecule has 1 atom stereocenters. The minimum Gasteiger partial charge on any atom is -0.485 e. The Kier molecular flexibility index (Phi) is 4.81. The minimum absolute atomic E-state index is 0.194. The number of anilines is 1. The molecule has 1 N–H and O–H groups in total. The number of rotatable bonds is 5. The molecule has 2 aromatic rings. The zero-order chi connectivity index (χ0) is 16.1. The predicted octanol–water partition coefficient (Wildman–Crippen LogP) is 3.81. The van der Waals surface area contributed by atoms with Crippen molar-refractivity contribution in [1.29, 1.82) is 0 Å². The van der Waals surface area contributed by atoms with Crippen LogP contribution in [0.25, 0.3) is 0 Å². The minimum atomic E-state index is -0.635. The van der Waals surface area contributed by atoms with Crippen LogP contribution in [0.4, 0.5) is 5.69 Å². The molecule has 1 aliphatic heterocycles. The van der Waals surface area contributed by atoms with Gasteiger partial charge in [0.25, 0.3) is 5.91 Å². The third-order valence-electron chi connectivity index (χ3n) is 3.84. The van der Waals surface area contributed by atoms with E-state index < -0.39 is 6.10 Å². The zero-order valence-corrected chi connectivity index (χ0v) is 13.2. The summed E-state index contributed by atoms with van der Waals surface area (Å²) in [7, 11) is 0. The van der Waals surface area contributed by atoms with Gasteiger partial charge in [-0.2, -0.15) is 0 Å². The third-order valence-corrected chi connectivity index (χ3v) is 3.84. The number of nitrogens with one attached hydrogen (secondary N) is 1. The second-order valence-corrected chi connectivity index (χ2v) is 5.65. The summed E-state index contributed by atoms with van der Waals surface area (Å²) in [5, 5.41) is 2.88. The summed E-state index contributed by atoms with van der Waals surface area (Å²) in [4.78, 5) is 12.3. The van der Waals surface area contributed by atoms with E-state index in [1.807, 2.05) is 30.3 Å². The van der Waals surface area contributed by atoms with E-state index in [1.54, 1.807) is 6.07 Å². The highest BCUT2D eigenvalue weighted by Crippen LogP contribution is 2.31. The molecule has 23 heavy (non-hydrogen) atoms. The van der Waals surface area contributed by atoms with E-state index in [2.05, 4.69) is 24.4 Å². The lowest BCUT2D eigenvalue weighted by atomic mass is 10.1. The molecule has 1 aliphatic rings. The smallest absolute Gasteiger partial charge is 0.269 e. The number of amides is 1. The number of carbonyl (C=O) groups excluding carboxylic acids is 1. The highest BCUT2D eigenvalue weighted by Gasteiger charge is 2.27. The van der Waals surface area contributed by atoms with Gasteiger partial charge in [-0.25, -0.2) is 0 Å². The van der Waals surface area contributed by atoms with Gasteiger partial charge in [0.05, 0.1) is 0 Å². The summed E-state index contributed by atoms with van der Waals surface area (Å²) >= 11 is 0. The number of fused-ring (bicyclic) bond motifs is 1. The Bertz CT molecular complexity index is 667. The first-order valence-electron chi connectivity index (χ1n) is 8.04. The Hall–Kier alpha value is -2.49. The van der Waals surface area contributed by atoms with Crippen molar-refractivity contribution in [2.45, 2.75) is 32.3 Å². The van der Waals surface area contributed by atoms with Crippen molar-refractivity contribution < 1.29 is 14.3 Å². The lowest BCUT2D eigenvalue weighted by Gasteiger charge is -2.25. The maximum Gasteiger partial charge on any atom is 0.269 e. The van der Waals surface area contributed by atoms with Gasteiger partial charge in [0, 0.05) is 5.69 Å². The Morgan fingerprint density at radius 2 is 1.87 bits per heavy atom. The SMILES string of the molecule is CCCCc1ccc(NC(=O)[C@@H]2COc3ccccc3O2)cc1. The van der Waals surface area contributed by atoms with E-state index in [1.165, 1.54) is 18.4 Å². The molecule has 4 nitrogen and oxygen atoms in total. The molecular formula is C19H21NO3. The van der Waals surface area contributed by atoms with Crippen LogP contribution in [0.2, 0.25) is 0 Å². The summed E-state index contributed by atoms with van der Waals surface area (Å²) in [6.07, 6.45) is 2.79. The Morgan fingerprint density at radius 3 is 2.61 bits per heavy atom. The molecule has 3 rings (SSSR count). The van der Waals surface area contributed by atoms with Crippen molar-refractivity contribution in [3.8, 4) is 11.5 Å². The summed E-state index contributed by atoms with van der Waals surface area (Å²) in [5.41, 5.74) is 2.06. The molecule has 2 aromatic carbocycles. The average molecular weight is 311 g/mol. The molecule has 0 aromatic heterocycles. The number of hydrogen-bond donors (Lipinski definition) is 1. The van der Waals surface area contributed by atoms with Gasteiger partial charge >= 0.3 is 0 Å². The summed E-state index contributed by atoms with van der Waals surface area (Å²) < 4.78 is 11.3. The number of hydrogen-bond acceptors (Lipinski definition) is 3. The first-order valence-corrected chi connectivity index (χ1v) is 8.04. The topological polar surface area (TPSA) is 47.6 Å². The van der Waals surface area contributed by atoms with Gasteiger partial charge in [-0.05, 0) is 42.7 Å². The molecule has 0 spiro atoms. The number of aryl methyl sites for hydroxylation is 1. The molecule has 0 aliphatic carbocycles. The van der Waals surface area contributed by atoms with E-state index in [9.17, 15) is 4.79 Å². The zero-order valence-electron chi connectivity index (χ0n) is 13.2. The van der Waals surface area contributed by atoms with Crippen LogP contribution in [0, 0.1) is 0 Å². The van der Waals surface area contributed by atoms with Gasteiger partial charge in [0.1, 0.15) is 6.61 Å². The number of ether oxygens (including phenoxy) is 2. The van der Waals surface area contributed by atoms with Crippen LogP contribution in [0.15, 0.2) is 48.5 Å². The number of para-hydroxylation sites is 2. The highest BCUT2D eigenvalue weighted by atomic mass is 16.6. The van der Waals surface area contributed by atoms with Crippen LogP contribution in [0.5, 0.6) is 11.5 Å². The van der Waals surface area contributed by atoms with Crippen LogP contribution in [-0.2, 0) is 11.2 Å². The Morgan fingerprint density at radius 1 is 1.13 bits per heavy atom. The fourth-order valence-corrected chi connectivity index (χ4v) is 2.51. The summed E-state index contributed by atoms with van der Waals surface area (Å²) in [5.74, 6) is 1.09. The molecule has 0 radical (unpaired) electrons. The highest BCUT2D eigenvalue weighted by molar-refractivity contribution is 5.94. The molecule has 4 heteroatoms. The average Bonchev–Trinajstić information content (AvgIpc) is 2.60. The molecule has 0 saturated heterocycles. The van der Waals surface area contributed by atoms with Crippen LogP contribution < -0.4 is 14.8 Å². The molecule has 0 fully saturated rings. The fraction of sp³-hybridized carbons (Fsp3) is 0.316.